The summed E-state index contributed by atoms with van der Waals surface area (Å²) in [7, 11) is 4.10. The summed E-state index contributed by atoms with van der Waals surface area (Å²) in [6, 6.07) is 2.59. The van der Waals surface area contributed by atoms with Crippen molar-refractivity contribution in [2.75, 3.05) is 21.3 Å². The highest BCUT2D eigenvalue weighted by Gasteiger charge is 2.39. The molecule has 0 amide bonds. The van der Waals surface area contributed by atoms with E-state index in [1.807, 2.05) is 0 Å². The first-order valence-electron chi connectivity index (χ1n) is 7.35. The van der Waals surface area contributed by atoms with Crippen LogP contribution in [-0.4, -0.2) is 43.1 Å². The maximum Gasteiger partial charge on any atom is 0.204 e. The van der Waals surface area contributed by atoms with Gasteiger partial charge in [-0.2, -0.15) is 0 Å². The first-order valence-corrected chi connectivity index (χ1v) is 7.35. The van der Waals surface area contributed by atoms with Crippen molar-refractivity contribution >= 4 is 11.6 Å². The Kier molecular flexibility index (Phi) is 3.79. The molecule has 3 rings (SSSR count). The second-order valence-electron chi connectivity index (χ2n) is 5.54. The van der Waals surface area contributed by atoms with Gasteiger partial charge in [-0.3, -0.25) is 9.59 Å². The molecule has 0 fully saturated rings. The van der Waals surface area contributed by atoms with Crippen LogP contribution in [0.15, 0.2) is 12.1 Å². The van der Waals surface area contributed by atoms with Gasteiger partial charge >= 0.3 is 0 Å². The minimum atomic E-state index is -0.643. The van der Waals surface area contributed by atoms with E-state index in [1.165, 1.54) is 40.4 Å². The van der Waals surface area contributed by atoms with Crippen LogP contribution in [0.1, 0.15) is 37.4 Å². The molecule has 0 unspecified atom stereocenters. The third-order valence-corrected chi connectivity index (χ3v) is 4.23. The molecule has 2 N–H and O–H groups in total. The Bertz CT molecular complexity index is 928. The zero-order valence-electron chi connectivity index (χ0n) is 14.1. The molecule has 7 heteroatoms. The van der Waals surface area contributed by atoms with Crippen LogP contribution in [0, 0.1) is 6.92 Å². The number of benzene rings is 2. The number of rotatable bonds is 3. The fourth-order valence-corrected chi connectivity index (χ4v) is 3.06. The van der Waals surface area contributed by atoms with Crippen molar-refractivity contribution < 1.29 is 34.0 Å². The molecule has 0 spiro atoms. The molecule has 1 aliphatic carbocycles. The minimum Gasteiger partial charge on any atom is -0.507 e. The van der Waals surface area contributed by atoms with Gasteiger partial charge in [-0.1, -0.05) is 0 Å². The second-order valence-corrected chi connectivity index (χ2v) is 5.54. The van der Waals surface area contributed by atoms with E-state index in [4.69, 9.17) is 14.2 Å². The SMILES string of the molecule is COc1cc2c(c(OC)c1OC)C(=O)c1c(O)cc(C)c(O)c1C2=O. The fraction of sp³-hybridized carbons (Fsp3) is 0.222. The Morgan fingerprint density at radius 2 is 1.44 bits per heavy atom. The molecular weight excluding hydrogens is 328 g/mol. The van der Waals surface area contributed by atoms with Gasteiger partial charge in [0.1, 0.15) is 11.5 Å². The molecule has 0 aliphatic heterocycles. The molecule has 0 radical (unpaired) electrons. The van der Waals surface area contributed by atoms with Crippen LogP contribution in [0.5, 0.6) is 28.7 Å². The topological polar surface area (TPSA) is 102 Å². The van der Waals surface area contributed by atoms with E-state index < -0.39 is 11.6 Å². The van der Waals surface area contributed by atoms with E-state index in [-0.39, 0.29) is 56.6 Å². The number of fused-ring (bicyclic) bond motifs is 2. The van der Waals surface area contributed by atoms with Gasteiger partial charge in [-0.25, -0.2) is 0 Å². The molecule has 2 aromatic carbocycles. The quantitative estimate of drug-likeness (QED) is 0.702. The van der Waals surface area contributed by atoms with Gasteiger partial charge in [0.25, 0.3) is 0 Å². The number of ether oxygens (including phenoxy) is 3. The smallest absolute Gasteiger partial charge is 0.204 e. The Labute approximate surface area is 143 Å². The summed E-state index contributed by atoms with van der Waals surface area (Å²) in [4.78, 5) is 25.9. The largest absolute Gasteiger partial charge is 0.507 e. The van der Waals surface area contributed by atoms with Crippen molar-refractivity contribution in [1.29, 1.82) is 0 Å². The van der Waals surface area contributed by atoms with E-state index in [0.29, 0.717) is 0 Å². The number of carbonyl (C=O) groups is 2. The lowest BCUT2D eigenvalue weighted by molar-refractivity contribution is 0.0970. The second kappa shape index (κ2) is 5.70. The maximum absolute atomic E-state index is 13.0. The number of aromatic hydroxyl groups is 2. The molecule has 0 saturated carbocycles. The number of hydrogen-bond donors (Lipinski definition) is 2. The van der Waals surface area contributed by atoms with Gasteiger partial charge in [-0.05, 0) is 24.6 Å². The normalized spacial score (nSPS) is 12.5. The van der Waals surface area contributed by atoms with Gasteiger partial charge in [0.15, 0.2) is 17.3 Å². The number of phenolic OH excluding ortho intramolecular Hbond substituents is 2. The van der Waals surface area contributed by atoms with Crippen molar-refractivity contribution in [3.63, 3.8) is 0 Å². The highest BCUT2D eigenvalue weighted by atomic mass is 16.5. The van der Waals surface area contributed by atoms with Gasteiger partial charge in [0.05, 0.1) is 38.0 Å². The highest BCUT2D eigenvalue weighted by Crippen LogP contribution is 2.48. The Balaban J connectivity index is 2.44. The molecule has 130 valence electrons. The van der Waals surface area contributed by atoms with E-state index in [9.17, 15) is 19.8 Å². The van der Waals surface area contributed by atoms with Crippen LogP contribution in [0.2, 0.25) is 0 Å². The number of hydrogen-bond acceptors (Lipinski definition) is 7. The molecule has 0 atom stereocenters. The lowest BCUT2D eigenvalue weighted by Gasteiger charge is -2.24. The number of ketones is 2. The van der Waals surface area contributed by atoms with Crippen LogP contribution in [0.4, 0.5) is 0 Å². The monoisotopic (exact) mass is 344 g/mol. The van der Waals surface area contributed by atoms with Gasteiger partial charge in [0.2, 0.25) is 11.5 Å². The average Bonchev–Trinajstić information content (AvgIpc) is 2.60. The lowest BCUT2D eigenvalue weighted by atomic mass is 9.81. The van der Waals surface area contributed by atoms with Crippen LogP contribution >= 0.6 is 0 Å². The predicted molar refractivity (Wildman–Crippen MR) is 87.5 cm³/mol. The van der Waals surface area contributed by atoms with Crippen molar-refractivity contribution in [3.8, 4) is 28.7 Å². The lowest BCUT2D eigenvalue weighted by Crippen LogP contribution is -2.23. The Morgan fingerprint density at radius 3 is 2.00 bits per heavy atom. The third kappa shape index (κ3) is 2.12. The fourth-order valence-electron chi connectivity index (χ4n) is 3.06. The average molecular weight is 344 g/mol. The first kappa shape index (κ1) is 16.6. The highest BCUT2D eigenvalue weighted by molar-refractivity contribution is 6.31. The summed E-state index contributed by atoms with van der Waals surface area (Å²) in [5.74, 6) is -1.59. The summed E-state index contributed by atoms with van der Waals surface area (Å²) < 4.78 is 15.7. The van der Waals surface area contributed by atoms with Crippen molar-refractivity contribution in [1.82, 2.24) is 0 Å². The Morgan fingerprint density at radius 1 is 0.800 bits per heavy atom. The van der Waals surface area contributed by atoms with Gasteiger partial charge in [0, 0.05) is 5.56 Å². The number of carbonyl (C=O) groups excluding carboxylic acids is 2. The van der Waals surface area contributed by atoms with Crippen molar-refractivity contribution in [2.24, 2.45) is 0 Å². The molecule has 1 aliphatic rings. The summed E-state index contributed by atoms with van der Waals surface area (Å²) in [5, 5.41) is 20.4. The maximum atomic E-state index is 13.0. The van der Waals surface area contributed by atoms with Gasteiger partial charge in [-0.15, -0.1) is 0 Å². The Hall–Kier alpha value is -3.22. The summed E-state index contributed by atoms with van der Waals surface area (Å²) in [6.45, 7) is 1.53. The molecule has 25 heavy (non-hydrogen) atoms. The number of phenols is 2. The number of aryl methyl sites for hydroxylation is 1. The van der Waals surface area contributed by atoms with E-state index in [2.05, 4.69) is 0 Å². The molecular formula is C18H16O7. The van der Waals surface area contributed by atoms with E-state index >= 15 is 0 Å². The van der Waals surface area contributed by atoms with Crippen LogP contribution < -0.4 is 14.2 Å². The molecule has 2 aromatic rings. The molecule has 0 aromatic heterocycles. The molecule has 0 heterocycles. The molecule has 0 saturated heterocycles. The van der Waals surface area contributed by atoms with Crippen molar-refractivity contribution in [3.05, 3.63) is 39.9 Å². The summed E-state index contributed by atoms with van der Waals surface area (Å²) in [5.41, 5.74) is -0.243. The van der Waals surface area contributed by atoms with Crippen LogP contribution in [0.3, 0.4) is 0 Å². The minimum absolute atomic E-state index is 0.00676. The third-order valence-electron chi connectivity index (χ3n) is 4.23. The van der Waals surface area contributed by atoms with Gasteiger partial charge < -0.3 is 24.4 Å². The zero-order valence-corrected chi connectivity index (χ0v) is 14.1. The zero-order chi connectivity index (χ0) is 18.5. The summed E-state index contributed by atoms with van der Waals surface area (Å²) in [6.07, 6.45) is 0. The predicted octanol–water partition coefficient (Wildman–Crippen LogP) is 2.21. The van der Waals surface area contributed by atoms with E-state index in [0.717, 1.165) is 0 Å². The van der Waals surface area contributed by atoms with E-state index in [1.54, 1.807) is 0 Å². The summed E-state index contributed by atoms with van der Waals surface area (Å²) >= 11 is 0. The molecule has 0 bridgehead atoms. The van der Waals surface area contributed by atoms with Crippen molar-refractivity contribution in [2.45, 2.75) is 6.92 Å². The molecule has 7 nitrogen and oxygen atoms in total. The van der Waals surface area contributed by atoms with Crippen LogP contribution in [0.25, 0.3) is 0 Å². The first-order chi connectivity index (χ1) is 11.9. The standard InChI is InChI=1S/C18H16O7/c1-7-5-9(19)12-13(14(7)20)15(21)8-6-10(23-2)17(24-3)18(25-4)11(8)16(12)22/h5-6,19-20H,1-4H3. The van der Waals surface area contributed by atoms with Crippen LogP contribution in [-0.2, 0) is 0 Å². The number of methoxy groups -OCH3 is 3.